The molecule has 0 spiro atoms. The van der Waals surface area contributed by atoms with Crippen LogP contribution < -0.4 is 4.90 Å². The van der Waals surface area contributed by atoms with Crippen LogP contribution in [0.15, 0.2) is 197 Å². The first-order chi connectivity index (χ1) is 34.0. The number of furan rings is 2. The monoisotopic (exact) mass is 899 g/mol. The Labute approximate surface area is 407 Å². The summed E-state index contributed by atoms with van der Waals surface area (Å²) in [5.41, 5.74) is 24.4. The fourth-order valence-electron chi connectivity index (χ4n) is 13.5. The number of hydrogen-bond donors (Lipinski definition) is 0. The maximum Gasteiger partial charge on any atom is 0.144 e. The summed E-state index contributed by atoms with van der Waals surface area (Å²) in [5.74, 6) is 0. The minimum absolute atomic E-state index is 0.231. The molecule has 10 aromatic carbocycles. The highest BCUT2D eigenvalue weighted by Crippen LogP contribution is 2.64. The van der Waals surface area contributed by atoms with E-state index in [-0.39, 0.29) is 16.2 Å². The molecule has 0 amide bonds. The predicted molar refractivity (Wildman–Crippen MR) is 291 cm³/mol. The van der Waals surface area contributed by atoms with Gasteiger partial charge in [0.15, 0.2) is 0 Å². The lowest BCUT2D eigenvalue weighted by Crippen LogP contribution is -2.24. The first-order valence-corrected chi connectivity index (χ1v) is 24.8. The van der Waals surface area contributed by atoms with E-state index in [0.717, 1.165) is 55.9 Å². The van der Waals surface area contributed by atoms with Crippen molar-refractivity contribution in [3.05, 3.63) is 221 Å². The van der Waals surface area contributed by atoms with E-state index in [9.17, 15) is 0 Å². The minimum atomic E-state index is -0.335. The van der Waals surface area contributed by atoms with E-state index in [0.29, 0.717) is 0 Å². The maximum atomic E-state index is 7.00. The quantitative estimate of drug-likeness (QED) is 0.176. The van der Waals surface area contributed by atoms with Crippen LogP contribution in [0.1, 0.15) is 74.9 Å². The molecule has 12 aromatic rings. The summed E-state index contributed by atoms with van der Waals surface area (Å²) in [7, 11) is 0. The topological polar surface area (TPSA) is 29.5 Å². The van der Waals surface area contributed by atoms with E-state index in [2.05, 4.69) is 234 Å². The Kier molecular flexibility index (Phi) is 7.71. The standard InChI is InChI=1S/C67H49NO2/c1-65(2)50-35-40(31-33-44(50)56-52(65)37-48(39-19-8-7-9-20-39)63-58(56)46-25-13-16-29-54(46)69-63)68(53-28-18-22-38-21-10-11-23-42(38)53)41-32-34-45-51(36-41)67(5,6)61-57(45)59-47-26-14-17-30-55(47)70-64(59)60-43-24-12-15-27-49(43)66(3,4)62(60)61/h7-37H,1-6H3. The third-order valence-electron chi connectivity index (χ3n) is 16.8. The average Bonchev–Trinajstić information content (AvgIpc) is 4.14. The summed E-state index contributed by atoms with van der Waals surface area (Å²) in [4.78, 5) is 2.52. The fraction of sp³-hybridized carbons (Fsp3) is 0.134. The van der Waals surface area contributed by atoms with E-state index >= 15 is 0 Å². The summed E-state index contributed by atoms with van der Waals surface area (Å²) in [6, 6.07) is 69.3. The minimum Gasteiger partial charge on any atom is -0.455 e. The van der Waals surface area contributed by atoms with Gasteiger partial charge in [-0.1, -0.05) is 181 Å². The van der Waals surface area contributed by atoms with Gasteiger partial charge in [0.2, 0.25) is 0 Å². The summed E-state index contributed by atoms with van der Waals surface area (Å²) in [6.07, 6.45) is 0. The molecule has 0 radical (unpaired) electrons. The van der Waals surface area contributed by atoms with Crippen LogP contribution in [0, 0.1) is 0 Å². The van der Waals surface area contributed by atoms with Crippen LogP contribution >= 0.6 is 0 Å². The molecule has 0 atom stereocenters. The molecule has 0 unspecified atom stereocenters. The van der Waals surface area contributed by atoms with Gasteiger partial charge in [-0.3, -0.25) is 0 Å². The van der Waals surface area contributed by atoms with Crippen molar-refractivity contribution in [3.8, 4) is 44.5 Å². The molecular formula is C67H49NO2. The first kappa shape index (κ1) is 39.8. The number of hydrogen-bond acceptors (Lipinski definition) is 3. The average molecular weight is 900 g/mol. The molecule has 3 nitrogen and oxygen atoms in total. The third kappa shape index (κ3) is 4.99. The molecule has 0 N–H and O–H groups in total. The summed E-state index contributed by atoms with van der Waals surface area (Å²) in [6.45, 7) is 14.5. The van der Waals surface area contributed by atoms with Gasteiger partial charge in [-0.25, -0.2) is 0 Å². The van der Waals surface area contributed by atoms with E-state index < -0.39 is 0 Å². The van der Waals surface area contributed by atoms with Crippen LogP contribution in [-0.2, 0) is 16.2 Å². The highest BCUT2D eigenvalue weighted by atomic mass is 16.3. The molecule has 3 aliphatic carbocycles. The Bertz CT molecular complexity index is 4270. The first-order valence-electron chi connectivity index (χ1n) is 24.8. The second kappa shape index (κ2) is 13.6. The molecule has 2 aromatic heterocycles. The van der Waals surface area contributed by atoms with Gasteiger partial charge in [-0.15, -0.1) is 0 Å². The van der Waals surface area contributed by atoms with Crippen molar-refractivity contribution in [1.82, 2.24) is 0 Å². The lowest BCUT2D eigenvalue weighted by atomic mass is 9.72. The molecule has 334 valence electrons. The van der Waals surface area contributed by atoms with E-state index in [4.69, 9.17) is 8.83 Å². The molecule has 70 heavy (non-hydrogen) atoms. The Hall–Kier alpha value is -8.14. The lowest BCUT2D eigenvalue weighted by molar-refractivity contribution is 0.600. The van der Waals surface area contributed by atoms with Crippen LogP contribution in [0.25, 0.3) is 99.2 Å². The summed E-state index contributed by atoms with van der Waals surface area (Å²) in [5, 5.41) is 7.15. The maximum absolute atomic E-state index is 7.00. The Morgan fingerprint density at radius 1 is 0.357 bits per heavy atom. The van der Waals surface area contributed by atoms with Gasteiger partial charge in [0.1, 0.15) is 22.3 Å². The smallest absolute Gasteiger partial charge is 0.144 e. The molecule has 0 aliphatic heterocycles. The number of fused-ring (bicyclic) bond motifs is 20. The Morgan fingerprint density at radius 2 is 0.886 bits per heavy atom. The van der Waals surface area contributed by atoms with Crippen molar-refractivity contribution in [2.75, 3.05) is 4.90 Å². The second-order valence-corrected chi connectivity index (χ2v) is 21.5. The third-order valence-corrected chi connectivity index (χ3v) is 16.8. The molecule has 0 saturated carbocycles. The number of benzene rings is 10. The van der Waals surface area contributed by atoms with Gasteiger partial charge < -0.3 is 13.7 Å². The van der Waals surface area contributed by atoms with E-state index in [1.54, 1.807) is 0 Å². The van der Waals surface area contributed by atoms with Crippen LogP contribution in [0.3, 0.4) is 0 Å². The van der Waals surface area contributed by atoms with Gasteiger partial charge in [0.25, 0.3) is 0 Å². The highest BCUT2D eigenvalue weighted by molar-refractivity contribution is 6.22. The van der Waals surface area contributed by atoms with Crippen molar-refractivity contribution in [3.63, 3.8) is 0 Å². The van der Waals surface area contributed by atoms with Gasteiger partial charge in [-0.2, -0.15) is 0 Å². The van der Waals surface area contributed by atoms with Gasteiger partial charge >= 0.3 is 0 Å². The lowest BCUT2D eigenvalue weighted by Gasteiger charge is -2.32. The Balaban J connectivity index is 0.974. The van der Waals surface area contributed by atoms with Gasteiger partial charge in [0, 0.05) is 65.7 Å². The summed E-state index contributed by atoms with van der Waals surface area (Å²) >= 11 is 0. The highest BCUT2D eigenvalue weighted by Gasteiger charge is 2.49. The van der Waals surface area contributed by atoms with Crippen LogP contribution in [-0.4, -0.2) is 0 Å². The molecule has 0 fully saturated rings. The van der Waals surface area contributed by atoms with Gasteiger partial charge in [-0.05, 0) is 121 Å². The largest absolute Gasteiger partial charge is 0.455 e. The van der Waals surface area contributed by atoms with Crippen molar-refractivity contribution in [1.29, 1.82) is 0 Å². The van der Waals surface area contributed by atoms with E-state index in [1.807, 2.05) is 0 Å². The number of nitrogens with zero attached hydrogens (tertiary/aromatic N) is 1. The van der Waals surface area contributed by atoms with Crippen LogP contribution in [0.5, 0.6) is 0 Å². The van der Waals surface area contributed by atoms with Crippen LogP contribution in [0.2, 0.25) is 0 Å². The predicted octanol–water partition coefficient (Wildman–Crippen LogP) is 18.7. The zero-order valence-corrected chi connectivity index (χ0v) is 40.2. The van der Waals surface area contributed by atoms with Crippen molar-refractivity contribution < 1.29 is 8.83 Å². The number of anilines is 3. The van der Waals surface area contributed by atoms with Crippen molar-refractivity contribution in [2.45, 2.75) is 57.8 Å². The number of para-hydroxylation sites is 2. The van der Waals surface area contributed by atoms with Crippen molar-refractivity contribution in [2.24, 2.45) is 0 Å². The molecular weight excluding hydrogens is 851 g/mol. The Morgan fingerprint density at radius 3 is 1.61 bits per heavy atom. The molecule has 3 heteroatoms. The molecule has 0 saturated heterocycles. The zero-order chi connectivity index (χ0) is 47.0. The zero-order valence-electron chi connectivity index (χ0n) is 40.2. The van der Waals surface area contributed by atoms with E-state index in [1.165, 1.54) is 93.7 Å². The molecule has 3 aliphatic rings. The number of rotatable bonds is 4. The molecule has 0 bridgehead atoms. The van der Waals surface area contributed by atoms with Crippen LogP contribution in [0.4, 0.5) is 17.1 Å². The second-order valence-electron chi connectivity index (χ2n) is 21.5. The van der Waals surface area contributed by atoms with Crippen molar-refractivity contribution >= 4 is 71.7 Å². The normalized spacial score (nSPS) is 15.3. The fourth-order valence-corrected chi connectivity index (χ4v) is 13.5. The molecule has 2 heterocycles. The summed E-state index contributed by atoms with van der Waals surface area (Å²) < 4.78 is 13.8. The molecule has 15 rings (SSSR count). The SMILES string of the molecule is CC1(C)c2cc(N(c3ccc4c(c3)C(C)(C)c3c5c(c6oc7ccccc7c6c3-4)-c3ccccc3C5(C)C)c3cccc4ccccc34)ccc2-c2c1cc(-c1ccccc1)c1oc3ccccc3c21. The van der Waals surface area contributed by atoms with Gasteiger partial charge in [0.05, 0.1) is 5.69 Å².